The number of ether oxygens (including phenoxy) is 2. The molecular formula is C13H13NO3. The molecule has 2 heterocycles. The smallest absolute Gasteiger partial charge is 0.231 e. The maximum atomic E-state index is 5.32. The van der Waals surface area contributed by atoms with Gasteiger partial charge in [0, 0.05) is 6.54 Å². The average molecular weight is 231 g/mol. The number of furan rings is 1. The van der Waals surface area contributed by atoms with E-state index in [-0.39, 0.29) is 0 Å². The number of benzene rings is 1. The summed E-state index contributed by atoms with van der Waals surface area (Å²) in [4.78, 5) is 0. The van der Waals surface area contributed by atoms with Crippen molar-refractivity contribution in [1.29, 1.82) is 0 Å². The zero-order valence-electron chi connectivity index (χ0n) is 9.31. The second-order valence-corrected chi connectivity index (χ2v) is 3.87. The first-order valence-electron chi connectivity index (χ1n) is 5.53. The molecule has 0 atom stereocenters. The highest BCUT2D eigenvalue weighted by atomic mass is 16.7. The molecule has 4 heteroatoms. The fraction of sp³-hybridized carbons (Fsp3) is 0.231. The minimum atomic E-state index is 0.318. The zero-order chi connectivity index (χ0) is 11.5. The molecule has 3 rings (SSSR count). The van der Waals surface area contributed by atoms with Crippen LogP contribution >= 0.6 is 0 Å². The van der Waals surface area contributed by atoms with Gasteiger partial charge in [-0.3, -0.25) is 0 Å². The second kappa shape index (κ2) is 4.51. The van der Waals surface area contributed by atoms with Crippen molar-refractivity contribution in [2.24, 2.45) is 0 Å². The Morgan fingerprint density at radius 1 is 1.06 bits per heavy atom. The minimum absolute atomic E-state index is 0.318. The van der Waals surface area contributed by atoms with Gasteiger partial charge in [-0.1, -0.05) is 6.07 Å². The van der Waals surface area contributed by atoms with Gasteiger partial charge in [0.15, 0.2) is 11.5 Å². The topological polar surface area (TPSA) is 43.6 Å². The van der Waals surface area contributed by atoms with Crippen LogP contribution in [0.25, 0.3) is 0 Å². The van der Waals surface area contributed by atoms with Crippen LogP contribution in [0.5, 0.6) is 11.5 Å². The molecule has 1 N–H and O–H groups in total. The van der Waals surface area contributed by atoms with Gasteiger partial charge >= 0.3 is 0 Å². The molecule has 1 aromatic heterocycles. The van der Waals surface area contributed by atoms with Crippen LogP contribution in [-0.2, 0) is 13.1 Å². The number of rotatable bonds is 4. The van der Waals surface area contributed by atoms with Crippen molar-refractivity contribution in [2.45, 2.75) is 13.1 Å². The Kier molecular flexibility index (Phi) is 2.71. The predicted octanol–water partition coefficient (Wildman–Crippen LogP) is 2.30. The summed E-state index contributed by atoms with van der Waals surface area (Å²) in [5.41, 5.74) is 1.17. The molecule has 0 aliphatic carbocycles. The van der Waals surface area contributed by atoms with Gasteiger partial charge in [0.05, 0.1) is 12.8 Å². The van der Waals surface area contributed by atoms with Crippen LogP contribution in [0.1, 0.15) is 11.3 Å². The molecule has 2 aromatic rings. The molecule has 1 aliphatic rings. The zero-order valence-corrected chi connectivity index (χ0v) is 9.31. The molecule has 0 spiro atoms. The van der Waals surface area contributed by atoms with E-state index in [1.165, 1.54) is 5.56 Å². The summed E-state index contributed by atoms with van der Waals surface area (Å²) in [6.45, 7) is 1.82. The van der Waals surface area contributed by atoms with Gasteiger partial charge in [0.2, 0.25) is 6.79 Å². The lowest BCUT2D eigenvalue weighted by atomic mass is 10.2. The molecule has 0 amide bonds. The van der Waals surface area contributed by atoms with Gasteiger partial charge in [-0.2, -0.15) is 0 Å². The van der Waals surface area contributed by atoms with Crippen LogP contribution in [0.4, 0.5) is 0 Å². The van der Waals surface area contributed by atoms with E-state index in [1.807, 2.05) is 30.3 Å². The first-order valence-corrected chi connectivity index (χ1v) is 5.53. The van der Waals surface area contributed by atoms with E-state index in [1.54, 1.807) is 6.26 Å². The normalized spacial score (nSPS) is 12.9. The Hall–Kier alpha value is -1.94. The molecule has 0 saturated heterocycles. The quantitative estimate of drug-likeness (QED) is 0.876. The van der Waals surface area contributed by atoms with Crippen molar-refractivity contribution in [1.82, 2.24) is 5.32 Å². The highest BCUT2D eigenvalue weighted by Gasteiger charge is 2.12. The van der Waals surface area contributed by atoms with E-state index in [0.29, 0.717) is 6.79 Å². The third kappa shape index (κ3) is 2.26. The van der Waals surface area contributed by atoms with Gasteiger partial charge < -0.3 is 19.2 Å². The Morgan fingerprint density at radius 2 is 2.00 bits per heavy atom. The number of hydrogen-bond acceptors (Lipinski definition) is 4. The molecular weight excluding hydrogens is 218 g/mol. The fourth-order valence-corrected chi connectivity index (χ4v) is 1.79. The van der Waals surface area contributed by atoms with Crippen molar-refractivity contribution in [3.8, 4) is 11.5 Å². The number of hydrogen-bond donors (Lipinski definition) is 1. The third-order valence-corrected chi connectivity index (χ3v) is 2.65. The predicted molar refractivity (Wildman–Crippen MR) is 61.8 cm³/mol. The first kappa shape index (κ1) is 10.2. The van der Waals surface area contributed by atoms with E-state index in [0.717, 1.165) is 30.3 Å². The van der Waals surface area contributed by atoms with E-state index >= 15 is 0 Å². The Balaban J connectivity index is 1.58. The van der Waals surface area contributed by atoms with Gasteiger partial charge in [0.1, 0.15) is 5.76 Å². The van der Waals surface area contributed by atoms with E-state index < -0.39 is 0 Å². The lowest BCUT2D eigenvalue weighted by Crippen LogP contribution is -2.11. The Bertz CT molecular complexity index is 493. The fourth-order valence-electron chi connectivity index (χ4n) is 1.79. The molecule has 1 aromatic carbocycles. The molecule has 0 bridgehead atoms. The second-order valence-electron chi connectivity index (χ2n) is 3.87. The lowest BCUT2D eigenvalue weighted by molar-refractivity contribution is 0.174. The standard InChI is InChI=1S/C13H13NO3/c1-2-11(15-5-1)8-14-7-10-3-4-12-13(6-10)17-9-16-12/h1-6,14H,7-9H2. The lowest BCUT2D eigenvalue weighted by Gasteiger charge is -2.04. The summed E-state index contributed by atoms with van der Waals surface area (Å²) in [5, 5.41) is 3.31. The molecule has 17 heavy (non-hydrogen) atoms. The molecule has 0 radical (unpaired) electrons. The largest absolute Gasteiger partial charge is 0.468 e. The van der Waals surface area contributed by atoms with Crippen molar-refractivity contribution < 1.29 is 13.9 Å². The van der Waals surface area contributed by atoms with Crippen molar-refractivity contribution in [2.75, 3.05) is 6.79 Å². The molecule has 4 nitrogen and oxygen atoms in total. The molecule has 0 unspecified atom stereocenters. The van der Waals surface area contributed by atoms with Gasteiger partial charge in [-0.05, 0) is 29.8 Å². The highest BCUT2D eigenvalue weighted by Crippen LogP contribution is 2.32. The molecule has 0 fully saturated rings. The van der Waals surface area contributed by atoms with Crippen LogP contribution < -0.4 is 14.8 Å². The van der Waals surface area contributed by atoms with E-state index in [2.05, 4.69) is 5.32 Å². The van der Waals surface area contributed by atoms with Gasteiger partial charge in [-0.15, -0.1) is 0 Å². The summed E-state index contributed by atoms with van der Waals surface area (Å²) >= 11 is 0. The molecule has 1 aliphatic heterocycles. The van der Waals surface area contributed by atoms with Crippen molar-refractivity contribution in [3.05, 3.63) is 47.9 Å². The van der Waals surface area contributed by atoms with Crippen LogP contribution in [0, 0.1) is 0 Å². The summed E-state index contributed by atoms with van der Waals surface area (Å²) in [5.74, 6) is 2.58. The van der Waals surface area contributed by atoms with Gasteiger partial charge in [0.25, 0.3) is 0 Å². The third-order valence-electron chi connectivity index (χ3n) is 2.65. The maximum absolute atomic E-state index is 5.32. The van der Waals surface area contributed by atoms with Crippen LogP contribution in [0.3, 0.4) is 0 Å². The molecule has 0 saturated carbocycles. The first-order chi connectivity index (χ1) is 8.42. The Labute approximate surface area is 99.1 Å². The van der Waals surface area contributed by atoms with E-state index in [4.69, 9.17) is 13.9 Å². The summed E-state index contributed by atoms with van der Waals surface area (Å²) < 4.78 is 15.8. The summed E-state index contributed by atoms with van der Waals surface area (Å²) in [6.07, 6.45) is 1.68. The monoisotopic (exact) mass is 231 g/mol. The average Bonchev–Trinajstić information content (AvgIpc) is 2.98. The highest BCUT2D eigenvalue weighted by molar-refractivity contribution is 5.44. The van der Waals surface area contributed by atoms with Gasteiger partial charge in [-0.25, -0.2) is 0 Å². The number of fused-ring (bicyclic) bond motifs is 1. The maximum Gasteiger partial charge on any atom is 0.231 e. The van der Waals surface area contributed by atoms with Crippen LogP contribution in [-0.4, -0.2) is 6.79 Å². The number of nitrogens with one attached hydrogen (secondary N) is 1. The summed E-state index contributed by atoms with van der Waals surface area (Å²) in [7, 11) is 0. The SMILES string of the molecule is c1coc(CNCc2ccc3c(c2)OCO3)c1. The van der Waals surface area contributed by atoms with Crippen LogP contribution in [0.15, 0.2) is 41.0 Å². The van der Waals surface area contributed by atoms with Crippen molar-refractivity contribution >= 4 is 0 Å². The molecule has 88 valence electrons. The van der Waals surface area contributed by atoms with Crippen molar-refractivity contribution in [3.63, 3.8) is 0 Å². The minimum Gasteiger partial charge on any atom is -0.468 e. The van der Waals surface area contributed by atoms with E-state index in [9.17, 15) is 0 Å². The summed E-state index contributed by atoms with van der Waals surface area (Å²) in [6, 6.07) is 9.80. The van der Waals surface area contributed by atoms with Crippen LogP contribution in [0.2, 0.25) is 0 Å². The Morgan fingerprint density at radius 3 is 2.88 bits per heavy atom.